The molecule has 4 N–H and O–H groups in total. The van der Waals surface area contributed by atoms with Crippen molar-refractivity contribution in [2.24, 2.45) is 23.7 Å². The molecule has 1 aromatic rings. The van der Waals surface area contributed by atoms with E-state index in [9.17, 15) is 24.0 Å². The van der Waals surface area contributed by atoms with Crippen molar-refractivity contribution >= 4 is 35.3 Å². The van der Waals surface area contributed by atoms with E-state index in [1.54, 1.807) is 55.1 Å². The van der Waals surface area contributed by atoms with Crippen LogP contribution in [0, 0.1) is 23.7 Å². The Bertz CT molecular complexity index is 1530. The second-order valence-electron chi connectivity index (χ2n) is 17.3. The predicted octanol–water partition coefficient (Wildman–Crippen LogP) is 4.04. The summed E-state index contributed by atoms with van der Waals surface area (Å²) in [5.74, 6) is -2.02. The number of nitrogens with two attached hydrogens (primary N) is 1. The highest BCUT2D eigenvalue weighted by Crippen LogP contribution is 2.35. The van der Waals surface area contributed by atoms with Crippen LogP contribution in [-0.4, -0.2) is 135 Å². The number of hydrogen-bond acceptors (Lipinski definition) is 10. The van der Waals surface area contributed by atoms with E-state index in [2.05, 4.69) is 22.5 Å². The fourth-order valence-corrected chi connectivity index (χ4v) is 9.10. The highest BCUT2D eigenvalue weighted by Gasteiger charge is 2.48. The van der Waals surface area contributed by atoms with Gasteiger partial charge in [-0.05, 0) is 75.1 Å². The maximum atomic E-state index is 14.4. The molecule has 14 nitrogen and oxygen atoms in total. The van der Waals surface area contributed by atoms with Crippen molar-refractivity contribution in [3.05, 3.63) is 29.8 Å². The van der Waals surface area contributed by atoms with Crippen molar-refractivity contribution in [1.29, 1.82) is 0 Å². The molecule has 0 radical (unpaired) electrons. The summed E-state index contributed by atoms with van der Waals surface area (Å²) in [4.78, 5) is 74.7. The van der Waals surface area contributed by atoms with Gasteiger partial charge in [-0.3, -0.25) is 24.1 Å². The van der Waals surface area contributed by atoms with Crippen LogP contribution < -0.4 is 16.4 Å². The SMILES string of the molecule is CCCC1CN(C)C(C)(C(=O)NC(C(=O)N(C)C(C(C)CC)C(CC(=O)N2CCCC2C(OC)C(C)C(=O)NC(Cc2ccc(N)cc2)C(=O)OC)OC)C(C)C)C1. The Morgan fingerprint density at radius 3 is 2.21 bits per heavy atom. The molecule has 2 fully saturated rings. The Morgan fingerprint density at radius 2 is 1.66 bits per heavy atom. The van der Waals surface area contributed by atoms with E-state index in [0.29, 0.717) is 24.6 Å². The minimum absolute atomic E-state index is 0.00301. The standard InChI is InChI=1S/C44H74N6O8/c1-13-16-31-25-44(7,48(8)26-31)43(55)47-37(27(3)4)41(53)49(9)38(28(5)14-2)35(56-10)24-36(51)50-22-15-17-34(50)39(57-11)29(6)40(52)46-33(42(54)58-12)23-30-18-20-32(45)21-19-30/h18-21,27-29,31,33-35,37-39H,13-17,22-26,45H2,1-12H3,(H,46,52)(H,47,55). The Morgan fingerprint density at radius 1 is 1.00 bits per heavy atom. The molecule has 3 rings (SSSR count). The second kappa shape index (κ2) is 22.0. The molecule has 2 aliphatic heterocycles. The van der Waals surface area contributed by atoms with Gasteiger partial charge in [0.1, 0.15) is 12.1 Å². The molecule has 0 aliphatic carbocycles. The smallest absolute Gasteiger partial charge is 0.328 e. The number of carbonyl (C=O) groups is 5. The van der Waals surface area contributed by atoms with E-state index in [1.165, 1.54) is 14.2 Å². The summed E-state index contributed by atoms with van der Waals surface area (Å²) in [6.45, 7) is 15.1. The van der Waals surface area contributed by atoms with Gasteiger partial charge in [0.15, 0.2) is 0 Å². The molecule has 2 aliphatic rings. The third-order valence-corrected chi connectivity index (χ3v) is 12.9. The number of hydrogen-bond donors (Lipinski definition) is 3. The number of likely N-dealkylation sites (N-methyl/N-ethyl adjacent to an activating group) is 2. The molecule has 1 aromatic carbocycles. The first-order valence-corrected chi connectivity index (χ1v) is 21.2. The Hall–Kier alpha value is -3.75. The van der Waals surface area contributed by atoms with Crippen LogP contribution in [0.4, 0.5) is 5.69 Å². The Labute approximate surface area is 347 Å². The third-order valence-electron chi connectivity index (χ3n) is 12.9. The first-order valence-electron chi connectivity index (χ1n) is 21.2. The van der Waals surface area contributed by atoms with Gasteiger partial charge in [-0.2, -0.15) is 0 Å². The van der Waals surface area contributed by atoms with Gasteiger partial charge < -0.3 is 40.4 Å². The summed E-state index contributed by atoms with van der Waals surface area (Å²) in [6, 6.07) is 4.49. The minimum atomic E-state index is -0.934. The number of carbonyl (C=O) groups excluding carboxylic acids is 5. The summed E-state index contributed by atoms with van der Waals surface area (Å²) in [5.41, 5.74) is 6.51. The van der Waals surface area contributed by atoms with Crippen LogP contribution in [0.2, 0.25) is 0 Å². The summed E-state index contributed by atoms with van der Waals surface area (Å²) in [6.07, 6.45) is 3.84. The number of esters is 1. The largest absolute Gasteiger partial charge is 0.467 e. The zero-order valence-electron chi connectivity index (χ0n) is 37.3. The first kappa shape index (κ1) is 48.6. The van der Waals surface area contributed by atoms with E-state index in [-0.39, 0.29) is 42.4 Å². The van der Waals surface area contributed by atoms with Gasteiger partial charge in [-0.25, -0.2) is 4.79 Å². The van der Waals surface area contributed by atoms with E-state index in [1.807, 2.05) is 41.7 Å². The van der Waals surface area contributed by atoms with Crippen LogP contribution >= 0.6 is 0 Å². The molecule has 10 atom stereocenters. The lowest BCUT2D eigenvalue weighted by atomic mass is 9.88. The Balaban J connectivity index is 1.78. The number of likely N-dealkylation sites (tertiary alicyclic amines) is 2. The molecule has 58 heavy (non-hydrogen) atoms. The number of nitrogens with one attached hydrogen (secondary N) is 2. The van der Waals surface area contributed by atoms with Crippen LogP contribution in [0.15, 0.2) is 24.3 Å². The molecular weight excluding hydrogens is 741 g/mol. The summed E-state index contributed by atoms with van der Waals surface area (Å²) in [7, 11) is 8.08. The van der Waals surface area contributed by atoms with Gasteiger partial charge in [-0.15, -0.1) is 0 Å². The van der Waals surface area contributed by atoms with Crippen LogP contribution in [0.5, 0.6) is 0 Å². The van der Waals surface area contributed by atoms with E-state index >= 15 is 0 Å². The number of nitrogens with zero attached hydrogens (tertiary/aromatic N) is 3. The number of rotatable bonds is 21. The number of ether oxygens (including phenoxy) is 3. The number of methoxy groups -OCH3 is 3. The highest BCUT2D eigenvalue weighted by atomic mass is 16.5. The molecule has 2 heterocycles. The van der Waals surface area contributed by atoms with Gasteiger partial charge in [0.05, 0.1) is 49.3 Å². The maximum Gasteiger partial charge on any atom is 0.328 e. The van der Waals surface area contributed by atoms with Crippen LogP contribution in [0.1, 0.15) is 99.0 Å². The average Bonchev–Trinajstić information content (AvgIpc) is 3.80. The molecule has 0 aromatic heterocycles. The minimum Gasteiger partial charge on any atom is -0.467 e. The van der Waals surface area contributed by atoms with E-state index in [4.69, 9.17) is 19.9 Å². The normalized spacial score (nSPS) is 23.4. The molecule has 0 saturated carbocycles. The van der Waals surface area contributed by atoms with Crippen LogP contribution in [0.3, 0.4) is 0 Å². The fourth-order valence-electron chi connectivity index (χ4n) is 9.10. The molecule has 0 bridgehead atoms. The van der Waals surface area contributed by atoms with Gasteiger partial charge >= 0.3 is 5.97 Å². The lowest BCUT2D eigenvalue weighted by molar-refractivity contribution is -0.149. The quantitative estimate of drug-likeness (QED) is 0.122. The second-order valence-corrected chi connectivity index (χ2v) is 17.3. The topological polar surface area (TPSA) is 173 Å². The Kier molecular flexibility index (Phi) is 18.5. The molecule has 2 saturated heterocycles. The number of amides is 4. The monoisotopic (exact) mass is 815 g/mol. The highest BCUT2D eigenvalue weighted by molar-refractivity contribution is 5.92. The zero-order valence-corrected chi connectivity index (χ0v) is 37.3. The predicted molar refractivity (Wildman–Crippen MR) is 225 cm³/mol. The lowest BCUT2D eigenvalue weighted by Crippen LogP contribution is -2.61. The number of benzene rings is 1. The van der Waals surface area contributed by atoms with Crippen molar-refractivity contribution in [3.8, 4) is 0 Å². The van der Waals surface area contributed by atoms with Crippen molar-refractivity contribution in [1.82, 2.24) is 25.3 Å². The molecule has 14 heteroatoms. The van der Waals surface area contributed by atoms with E-state index in [0.717, 1.165) is 44.2 Å². The maximum absolute atomic E-state index is 14.4. The van der Waals surface area contributed by atoms with Crippen molar-refractivity contribution in [2.75, 3.05) is 54.2 Å². The number of anilines is 1. The van der Waals surface area contributed by atoms with Gasteiger partial charge in [0, 0.05) is 46.5 Å². The molecule has 0 spiro atoms. The summed E-state index contributed by atoms with van der Waals surface area (Å²) in [5, 5.41) is 5.99. The molecular formula is C44H74N6O8. The van der Waals surface area contributed by atoms with Gasteiger partial charge in [0.2, 0.25) is 23.6 Å². The average molecular weight is 815 g/mol. The van der Waals surface area contributed by atoms with Crippen LogP contribution in [0.25, 0.3) is 0 Å². The van der Waals surface area contributed by atoms with Crippen molar-refractivity contribution < 1.29 is 38.2 Å². The van der Waals surface area contributed by atoms with Crippen molar-refractivity contribution in [2.45, 2.75) is 142 Å². The first-order chi connectivity index (χ1) is 27.4. The number of nitrogen functional groups attached to an aromatic ring is 1. The van der Waals surface area contributed by atoms with Gasteiger partial charge in [0.25, 0.3) is 0 Å². The van der Waals surface area contributed by atoms with Gasteiger partial charge in [-0.1, -0.05) is 66.5 Å². The lowest BCUT2D eigenvalue weighted by Gasteiger charge is -2.41. The van der Waals surface area contributed by atoms with Crippen molar-refractivity contribution in [3.63, 3.8) is 0 Å². The third kappa shape index (κ3) is 11.7. The molecule has 4 amide bonds. The summed E-state index contributed by atoms with van der Waals surface area (Å²) >= 11 is 0. The zero-order chi connectivity index (χ0) is 43.5. The molecule has 328 valence electrons. The fraction of sp³-hybridized carbons (Fsp3) is 0.750. The molecule has 10 unspecified atom stereocenters. The summed E-state index contributed by atoms with van der Waals surface area (Å²) < 4.78 is 17.0. The van der Waals surface area contributed by atoms with Crippen LogP contribution in [-0.2, 0) is 44.6 Å². The van der Waals surface area contributed by atoms with E-state index < -0.39 is 59.7 Å².